The standard InChI is InChI=1S/C18H17ClF3N3O/c19-16-10-14(25-8-2-4-13(25)6-7-23)11-24-17(16)26-15-5-1-3-12(9-15)18(20,21)22/h1-5,9-11,13H,6-8,23H2. The van der Waals surface area contributed by atoms with E-state index in [2.05, 4.69) is 16.0 Å². The molecule has 1 aromatic carbocycles. The van der Waals surface area contributed by atoms with E-state index in [0.717, 1.165) is 30.8 Å². The minimum atomic E-state index is -4.44. The summed E-state index contributed by atoms with van der Waals surface area (Å²) in [6.45, 7) is 1.28. The summed E-state index contributed by atoms with van der Waals surface area (Å²) in [6.07, 6.45) is 2.07. The average molecular weight is 384 g/mol. The third-order valence-corrected chi connectivity index (χ3v) is 4.29. The second kappa shape index (κ2) is 7.55. The molecule has 0 radical (unpaired) electrons. The van der Waals surface area contributed by atoms with Crippen molar-refractivity contribution in [1.82, 2.24) is 4.98 Å². The molecule has 2 heterocycles. The number of nitrogens with zero attached hydrogens (tertiary/aromatic N) is 2. The fourth-order valence-corrected chi connectivity index (χ4v) is 2.98. The summed E-state index contributed by atoms with van der Waals surface area (Å²) in [7, 11) is 0. The van der Waals surface area contributed by atoms with Crippen LogP contribution in [0.5, 0.6) is 11.6 Å². The van der Waals surface area contributed by atoms with Gasteiger partial charge in [0.15, 0.2) is 0 Å². The Bertz CT molecular complexity index is 811. The number of aromatic nitrogens is 1. The highest BCUT2D eigenvalue weighted by atomic mass is 35.5. The second-order valence-corrected chi connectivity index (χ2v) is 6.24. The first-order valence-electron chi connectivity index (χ1n) is 8.02. The molecular weight excluding hydrogens is 367 g/mol. The number of halogens is 4. The molecule has 2 aromatic rings. The van der Waals surface area contributed by atoms with E-state index < -0.39 is 11.7 Å². The molecular formula is C18H17ClF3N3O. The van der Waals surface area contributed by atoms with Crippen molar-refractivity contribution in [2.24, 2.45) is 5.73 Å². The van der Waals surface area contributed by atoms with E-state index in [-0.39, 0.29) is 22.7 Å². The van der Waals surface area contributed by atoms with Gasteiger partial charge in [-0.05, 0) is 37.2 Å². The Balaban J connectivity index is 1.79. The molecule has 0 aliphatic carbocycles. The highest BCUT2D eigenvalue weighted by Crippen LogP contribution is 2.35. The van der Waals surface area contributed by atoms with Crippen LogP contribution in [-0.4, -0.2) is 24.1 Å². The zero-order chi connectivity index (χ0) is 18.7. The molecule has 1 unspecified atom stereocenters. The molecule has 0 saturated carbocycles. The fourth-order valence-electron chi connectivity index (χ4n) is 2.79. The van der Waals surface area contributed by atoms with E-state index in [1.165, 1.54) is 12.1 Å². The predicted molar refractivity (Wildman–Crippen MR) is 94.7 cm³/mol. The molecule has 3 rings (SSSR count). The number of pyridine rings is 1. The van der Waals surface area contributed by atoms with Crippen LogP contribution < -0.4 is 15.4 Å². The first kappa shape index (κ1) is 18.5. The lowest BCUT2D eigenvalue weighted by atomic mass is 10.2. The summed E-state index contributed by atoms with van der Waals surface area (Å²) in [4.78, 5) is 6.27. The first-order chi connectivity index (χ1) is 12.4. The molecule has 2 N–H and O–H groups in total. The third kappa shape index (κ3) is 4.11. The zero-order valence-corrected chi connectivity index (χ0v) is 14.5. The lowest BCUT2D eigenvalue weighted by Gasteiger charge is -2.26. The molecule has 0 fully saturated rings. The molecule has 0 bridgehead atoms. The van der Waals surface area contributed by atoms with Gasteiger partial charge in [-0.15, -0.1) is 0 Å². The normalized spacial score (nSPS) is 17.0. The molecule has 0 spiro atoms. The van der Waals surface area contributed by atoms with Crippen LogP contribution in [0.15, 0.2) is 48.7 Å². The molecule has 1 aromatic heterocycles. The maximum absolute atomic E-state index is 12.8. The molecule has 0 amide bonds. The predicted octanol–water partition coefficient (Wildman–Crippen LogP) is 4.64. The van der Waals surface area contributed by atoms with Gasteiger partial charge in [0.1, 0.15) is 10.8 Å². The molecule has 138 valence electrons. The summed E-state index contributed by atoms with van der Waals surface area (Å²) in [5, 5.41) is 0.221. The van der Waals surface area contributed by atoms with Crippen molar-refractivity contribution in [3.05, 3.63) is 59.3 Å². The number of nitrogens with two attached hydrogens (primary N) is 1. The molecule has 26 heavy (non-hydrogen) atoms. The Kier molecular flexibility index (Phi) is 5.38. The van der Waals surface area contributed by atoms with E-state index in [0.29, 0.717) is 6.54 Å². The van der Waals surface area contributed by atoms with Crippen LogP contribution in [0.1, 0.15) is 12.0 Å². The Morgan fingerprint density at radius 1 is 1.31 bits per heavy atom. The summed E-state index contributed by atoms with van der Waals surface area (Å²) in [6, 6.07) is 6.44. The van der Waals surface area contributed by atoms with Gasteiger partial charge in [0.25, 0.3) is 0 Å². The number of rotatable bonds is 5. The number of anilines is 1. The minimum absolute atomic E-state index is 0.0193. The summed E-state index contributed by atoms with van der Waals surface area (Å²) in [5.74, 6) is 0.0723. The highest BCUT2D eigenvalue weighted by Gasteiger charge is 2.30. The van der Waals surface area contributed by atoms with Gasteiger partial charge in [0.2, 0.25) is 5.88 Å². The van der Waals surface area contributed by atoms with E-state index in [1.807, 2.05) is 6.08 Å². The largest absolute Gasteiger partial charge is 0.438 e. The lowest BCUT2D eigenvalue weighted by Crippen LogP contribution is -2.31. The van der Waals surface area contributed by atoms with Crippen LogP contribution in [-0.2, 0) is 6.18 Å². The van der Waals surface area contributed by atoms with Gasteiger partial charge in [-0.1, -0.05) is 29.8 Å². The number of alkyl halides is 3. The minimum Gasteiger partial charge on any atom is -0.438 e. The number of ether oxygens (including phenoxy) is 1. The Hall–Kier alpha value is -2.25. The number of hydrogen-bond donors (Lipinski definition) is 1. The summed E-state index contributed by atoms with van der Waals surface area (Å²) in [5.41, 5.74) is 5.63. The molecule has 1 atom stereocenters. The second-order valence-electron chi connectivity index (χ2n) is 5.83. The maximum atomic E-state index is 12.8. The SMILES string of the molecule is NCCC1C=CCN1c1cnc(Oc2cccc(C(F)(F)F)c2)c(Cl)c1. The topological polar surface area (TPSA) is 51.4 Å². The van der Waals surface area contributed by atoms with Crippen molar-refractivity contribution in [3.8, 4) is 11.6 Å². The molecule has 4 nitrogen and oxygen atoms in total. The van der Waals surface area contributed by atoms with E-state index in [1.54, 1.807) is 12.3 Å². The third-order valence-electron chi connectivity index (χ3n) is 4.02. The van der Waals surface area contributed by atoms with Crippen LogP contribution in [0.25, 0.3) is 0 Å². The summed E-state index contributed by atoms with van der Waals surface area (Å²) < 4.78 is 43.8. The Morgan fingerprint density at radius 2 is 2.12 bits per heavy atom. The van der Waals surface area contributed by atoms with Gasteiger partial charge in [-0.3, -0.25) is 0 Å². The van der Waals surface area contributed by atoms with Gasteiger partial charge in [0.05, 0.1) is 17.4 Å². The van der Waals surface area contributed by atoms with Crippen LogP contribution >= 0.6 is 11.6 Å². The van der Waals surface area contributed by atoms with Crippen molar-refractivity contribution in [2.75, 3.05) is 18.0 Å². The van der Waals surface area contributed by atoms with Crippen molar-refractivity contribution in [3.63, 3.8) is 0 Å². The van der Waals surface area contributed by atoms with Crippen LogP contribution in [0.2, 0.25) is 5.02 Å². The van der Waals surface area contributed by atoms with Crippen molar-refractivity contribution in [2.45, 2.75) is 18.6 Å². The van der Waals surface area contributed by atoms with Gasteiger partial charge in [-0.2, -0.15) is 13.2 Å². The average Bonchev–Trinajstić information content (AvgIpc) is 3.05. The van der Waals surface area contributed by atoms with E-state index >= 15 is 0 Å². The zero-order valence-electron chi connectivity index (χ0n) is 13.7. The quantitative estimate of drug-likeness (QED) is 0.764. The van der Waals surface area contributed by atoms with Crippen LogP contribution in [0.4, 0.5) is 18.9 Å². The number of benzene rings is 1. The molecule has 1 aliphatic heterocycles. The Morgan fingerprint density at radius 3 is 2.81 bits per heavy atom. The lowest BCUT2D eigenvalue weighted by molar-refractivity contribution is -0.137. The molecule has 1 aliphatic rings. The summed E-state index contributed by atoms with van der Waals surface area (Å²) >= 11 is 6.23. The first-order valence-corrected chi connectivity index (χ1v) is 8.40. The van der Waals surface area contributed by atoms with Crippen molar-refractivity contribution < 1.29 is 17.9 Å². The van der Waals surface area contributed by atoms with Crippen molar-refractivity contribution in [1.29, 1.82) is 0 Å². The van der Waals surface area contributed by atoms with Crippen molar-refractivity contribution >= 4 is 17.3 Å². The van der Waals surface area contributed by atoms with Gasteiger partial charge < -0.3 is 15.4 Å². The van der Waals surface area contributed by atoms with Gasteiger partial charge in [-0.25, -0.2) is 4.98 Å². The molecule has 0 saturated heterocycles. The van der Waals surface area contributed by atoms with Crippen LogP contribution in [0, 0.1) is 0 Å². The fraction of sp³-hybridized carbons (Fsp3) is 0.278. The maximum Gasteiger partial charge on any atom is 0.416 e. The van der Waals surface area contributed by atoms with Crippen LogP contribution in [0.3, 0.4) is 0 Å². The highest BCUT2D eigenvalue weighted by molar-refractivity contribution is 6.32. The van der Waals surface area contributed by atoms with E-state index in [4.69, 9.17) is 22.1 Å². The van der Waals surface area contributed by atoms with Gasteiger partial charge >= 0.3 is 6.18 Å². The van der Waals surface area contributed by atoms with Gasteiger partial charge in [0, 0.05) is 12.6 Å². The number of hydrogen-bond acceptors (Lipinski definition) is 4. The van der Waals surface area contributed by atoms with E-state index in [9.17, 15) is 13.2 Å². The monoisotopic (exact) mass is 383 g/mol. The smallest absolute Gasteiger partial charge is 0.416 e. The Labute approximate surface area is 154 Å². The molecule has 8 heteroatoms.